The van der Waals surface area contributed by atoms with Crippen molar-refractivity contribution in [2.45, 2.75) is 20.8 Å². The highest BCUT2D eigenvalue weighted by Crippen LogP contribution is 2.37. The number of nitrogens with zero attached hydrogens (tertiary/aromatic N) is 4. The molecular formula is C22H26Cl2N4O4S. The van der Waals surface area contributed by atoms with Gasteiger partial charge < -0.3 is 9.64 Å². The van der Waals surface area contributed by atoms with Crippen molar-refractivity contribution in [3.63, 3.8) is 0 Å². The van der Waals surface area contributed by atoms with Crippen LogP contribution in [0.15, 0.2) is 30.3 Å². The molecule has 0 fully saturated rings. The number of hydrogen-bond acceptors (Lipinski definition) is 7. The van der Waals surface area contributed by atoms with Crippen molar-refractivity contribution in [1.29, 1.82) is 0 Å². The van der Waals surface area contributed by atoms with E-state index in [0.717, 1.165) is 23.4 Å². The Morgan fingerprint density at radius 1 is 1.21 bits per heavy atom. The van der Waals surface area contributed by atoms with Gasteiger partial charge in [-0.3, -0.25) is 19.8 Å². The molecule has 0 N–H and O–H groups in total. The number of carbonyl (C=O) groups is 1. The summed E-state index contributed by atoms with van der Waals surface area (Å²) in [5.41, 5.74) is 1.58. The van der Waals surface area contributed by atoms with Crippen LogP contribution in [-0.2, 0) is 0 Å². The first-order valence-electron chi connectivity index (χ1n) is 10.2. The number of methoxy groups -OCH3 is 1. The van der Waals surface area contributed by atoms with Gasteiger partial charge in [0.25, 0.3) is 11.6 Å². The average molecular weight is 513 g/mol. The molecule has 3 aromatic rings. The molecule has 8 nitrogen and oxygen atoms in total. The van der Waals surface area contributed by atoms with Gasteiger partial charge in [0.1, 0.15) is 11.3 Å². The summed E-state index contributed by atoms with van der Waals surface area (Å²) in [6.45, 7) is 8.74. The van der Waals surface area contributed by atoms with Crippen molar-refractivity contribution in [3.05, 3.63) is 56.6 Å². The minimum atomic E-state index is -0.542. The molecule has 3 rings (SSSR count). The van der Waals surface area contributed by atoms with Gasteiger partial charge in [-0.15, -0.1) is 12.4 Å². The zero-order valence-corrected chi connectivity index (χ0v) is 21.2. The molecule has 11 heteroatoms. The molecule has 1 amide bonds. The lowest BCUT2D eigenvalue weighted by atomic mass is 10.1. The van der Waals surface area contributed by atoms with Crippen LogP contribution in [0.3, 0.4) is 0 Å². The fraction of sp³-hybridized carbons (Fsp3) is 0.364. The first kappa shape index (κ1) is 26.8. The third kappa shape index (κ3) is 5.73. The first-order chi connectivity index (χ1) is 15.3. The van der Waals surface area contributed by atoms with E-state index in [4.69, 9.17) is 21.3 Å². The number of amides is 1. The number of aryl methyl sites for hydroxylation is 1. The molecular weight excluding hydrogens is 487 g/mol. The van der Waals surface area contributed by atoms with Crippen LogP contribution in [0.2, 0.25) is 5.02 Å². The van der Waals surface area contributed by atoms with Gasteiger partial charge in [0.2, 0.25) is 0 Å². The van der Waals surface area contributed by atoms with Gasteiger partial charge >= 0.3 is 0 Å². The zero-order valence-electron chi connectivity index (χ0n) is 18.8. The second-order valence-corrected chi connectivity index (χ2v) is 8.55. The molecule has 0 unspecified atom stereocenters. The Morgan fingerprint density at radius 3 is 2.52 bits per heavy atom. The molecule has 0 spiro atoms. The summed E-state index contributed by atoms with van der Waals surface area (Å²) in [6, 6.07) is 7.67. The number of nitro benzene ring substituents is 1. The van der Waals surface area contributed by atoms with Crippen LogP contribution < -0.4 is 9.64 Å². The number of nitro groups is 1. The lowest BCUT2D eigenvalue weighted by Crippen LogP contribution is -2.39. The predicted octanol–water partition coefficient (Wildman–Crippen LogP) is 5.59. The second kappa shape index (κ2) is 11.6. The van der Waals surface area contributed by atoms with Crippen molar-refractivity contribution in [2.75, 3.05) is 38.2 Å². The SMILES string of the molecule is CCN(CC)CCN(C(=O)c1cc([N+](=O)[O-])ccc1Cl)c1nc2c(OC)ccc(C)c2s1.Cl. The van der Waals surface area contributed by atoms with E-state index in [-0.39, 0.29) is 28.7 Å². The monoisotopic (exact) mass is 512 g/mol. The van der Waals surface area contributed by atoms with Crippen LogP contribution in [0.25, 0.3) is 10.2 Å². The van der Waals surface area contributed by atoms with Crippen molar-refractivity contribution in [1.82, 2.24) is 9.88 Å². The Hall–Kier alpha value is -2.46. The molecule has 0 atom stereocenters. The number of carbonyl (C=O) groups excluding carboxylic acids is 1. The molecule has 1 aromatic heterocycles. The summed E-state index contributed by atoms with van der Waals surface area (Å²) in [5, 5.41) is 11.9. The molecule has 33 heavy (non-hydrogen) atoms. The third-order valence-corrected chi connectivity index (χ3v) is 6.86. The van der Waals surface area contributed by atoms with Gasteiger partial charge in [0, 0.05) is 25.2 Å². The normalized spacial score (nSPS) is 10.8. The number of thiazole rings is 1. The molecule has 0 radical (unpaired) electrons. The van der Waals surface area contributed by atoms with E-state index >= 15 is 0 Å². The van der Waals surface area contributed by atoms with Crippen LogP contribution in [-0.4, -0.2) is 54.0 Å². The maximum absolute atomic E-state index is 13.6. The fourth-order valence-electron chi connectivity index (χ4n) is 3.38. The number of halogens is 2. The van der Waals surface area contributed by atoms with Gasteiger partial charge in [-0.25, -0.2) is 4.98 Å². The molecule has 0 aliphatic rings. The van der Waals surface area contributed by atoms with Gasteiger partial charge in [0.15, 0.2) is 5.13 Å². The van der Waals surface area contributed by atoms with Crippen molar-refractivity contribution < 1.29 is 14.5 Å². The Bertz CT molecular complexity index is 1150. The fourth-order valence-corrected chi connectivity index (χ4v) is 4.65. The van der Waals surface area contributed by atoms with Gasteiger partial charge in [-0.2, -0.15) is 0 Å². The first-order valence-corrected chi connectivity index (χ1v) is 11.4. The van der Waals surface area contributed by atoms with E-state index in [2.05, 4.69) is 18.7 Å². The Kier molecular flexibility index (Phi) is 9.42. The largest absolute Gasteiger partial charge is 0.494 e. The van der Waals surface area contributed by atoms with Crippen LogP contribution in [0.1, 0.15) is 29.8 Å². The molecule has 0 saturated heterocycles. The van der Waals surface area contributed by atoms with E-state index in [9.17, 15) is 14.9 Å². The molecule has 0 aliphatic heterocycles. The minimum Gasteiger partial charge on any atom is -0.494 e. The lowest BCUT2D eigenvalue weighted by molar-refractivity contribution is -0.384. The third-order valence-electron chi connectivity index (χ3n) is 5.31. The van der Waals surface area contributed by atoms with Crippen molar-refractivity contribution in [3.8, 4) is 5.75 Å². The van der Waals surface area contributed by atoms with Gasteiger partial charge in [-0.05, 0) is 37.7 Å². The van der Waals surface area contributed by atoms with E-state index in [0.29, 0.717) is 29.5 Å². The summed E-state index contributed by atoms with van der Waals surface area (Å²) >= 11 is 7.66. The van der Waals surface area contributed by atoms with E-state index in [1.165, 1.54) is 29.5 Å². The molecule has 0 saturated carbocycles. The summed E-state index contributed by atoms with van der Waals surface area (Å²) in [4.78, 5) is 32.7. The Labute approximate surface area is 207 Å². The van der Waals surface area contributed by atoms with Gasteiger partial charge in [-0.1, -0.05) is 42.9 Å². The second-order valence-electron chi connectivity index (χ2n) is 7.16. The molecule has 0 aliphatic carbocycles. The van der Waals surface area contributed by atoms with Crippen LogP contribution in [0.5, 0.6) is 5.75 Å². The van der Waals surface area contributed by atoms with Crippen molar-refractivity contribution in [2.24, 2.45) is 0 Å². The average Bonchev–Trinajstić information content (AvgIpc) is 3.23. The summed E-state index contributed by atoms with van der Waals surface area (Å²) in [5.74, 6) is 0.194. The number of likely N-dealkylation sites (N-methyl/N-ethyl adjacent to an activating group) is 1. The summed E-state index contributed by atoms with van der Waals surface area (Å²) in [7, 11) is 1.58. The predicted molar refractivity (Wildman–Crippen MR) is 136 cm³/mol. The molecule has 0 bridgehead atoms. The number of anilines is 1. The Balaban J connectivity index is 0.00000385. The number of ether oxygens (including phenoxy) is 1. The maximum Gasteiger partial charge on any atom is 0.270 e. The number of benzene rings is 2. The highest BCUT2D eigenvalue weighted by Gasteiger charge is 2.26. The number of non-ortho nitro benzene ring substituents is 1. The quantitative estimate of drug-likeness (QED) is 0.274. The standard InChI is InChI=1S/C22H25ClN4O4S.ClH/c1-5-25(6-2)11-12-26(21(28)16-13-15(27(29)30)8-9-17(16)23)22-24-19-18(31-4)10-7-14(3)20(19)32-22;/h7-10,13H,5-6,11-12H2,1-4H3;1H. The molecule has 2 aromatic carbocycles. The van der Waals surface area contributed by atoms with Crippen LogP contribution in [0, 0.1) is 17.0 Å². The highest BCUT2D eigenvalue weighted by molar-refractivity contribution is 7.22. The van der Waals surface area contributed by atoms with E-state index in [1.54, 1.807) is 12.0 Å². The number of aromatic nitrogens is 1. The smallest absolute Gasteiger partial charge is 0.270 e. The van der Waals surface area contributed by atoms with Gasteiger partial charge in [0.05, 0.1) is 27.3 Å². The lowest BCUT2D eigenvalue weighted by Gasteiger charge is -2.25. The maximum atomic E-state index is 13.6. The topological polar surface area (TPSA) is 88.8 Å². The number of rotatable bonds is 9. The molecule has 1 heterocycles. The van der Waals surface area contributed by atoms with Crippen LogP contribution in [0.4, 0.5) is 10.8 Å². The number of fused-ring (bicyclic) bond motifs is 1. The zero-order chi connectivity index (χ0) is 23.4. The van der Waals surface area contributed by atoms with E-state index < -0.39 is 10.8 Å². The number of hydrogen-bond donors (Lipinski definition) is 0. The van der Waals surface area contributed by atoms with Crippen LogP contribution >= 0.6 is 35.3 Å². The van der Waals surface area contributed by atoms with Crippen molar-refractivity contribution >= 4 is 62.3 Å². The molecule has 178 valence electrons. The highest BCUT2D eigenvalue weighted by atomic mass is 35.5. The summed E-state index contributed by atoms with van der Waals surface area (Å²) in [6.07, 6.45) is 0. The summed E-state index contributed by atoms with van der Waals surface area (Å²) < 4.78 is 6.37. The Morgan fingerprint density at radius 2 is 1.91 bits per heavy atom. The minimum absolute atomic E-state index is 0. The van der Waals surface area contributed by atoms with E-state index in [1.807, 2.05) is 19.1 Å².